The van der Waals surface area contributed by atoms with Crippen molar-refractivity contribution in [2.45, 2.75) is 26.7 Å². The lowest BCUT2D eigenvalue weighted by Crippen LogP contribution is -2.39. The smallest absolute Gasteiger partial charge is 0.242 e. The Morgan fingerprint density at radius 2 is 1.70 bits per heavy atom. The summed E-state index contributed by atoms with van der Waals surface area (Å²) in [5.41, 5.74) is 2.54. The minimum absolute atomic E-state index is 0.0751. The second-order valence-corrected chi connectivity index (χ2v) is 7.41. The van der Waals surface area contributed by atoms with E-state index in [4.69, 9.17) is 16.7 Å². The maximum atomic E-state index is 11.9. The summed E-state index contributed by atoms with van der Waals surface area (Å²) in [4.78, 5) is 24.2. The highest BCUT2D eigenvalue weighted by atomic mass is 35.5. The van der Waals surface area contributed by atoms with E-state index < -0.39 is 0 Å². The van der Waals surface area contributed by atoms with Gasteiger partial charge in [-0.3, -0.25) is 4.79 Å². The number of aryl methyl sites for hydroxylation is 1. The van der Waals surface area contributed by atoms with Crippen LogP contribution >= 0.6 is 11.6 Å². The average Bonchev–Trinajstić information content (AvgIpc) is 2.85. The Morgan fingerprint density at radius 3 is 2.18 bits per heavy atom. The molecular weight excluding hydrogens is 436 g/mol. The molecule has 2 aromatic rings. The van der Waals surface area contributed by atoms with E-state index in [0.29, 0.717) is 12.5 Å². The van der Waals surface area contributed by atoms with Crippen LogP contribution in [-0.2, 0) is 16.0 Å². The molecule has 1 unspecified atom stereocenters. The first-order valence-corrected chi connectivity index (χ1v) is 11.1. The summed E-state index contributed by atoms with van der Waals surface area (Å²) in [6.07, 6.45) is 4.11. The lowest BCUT2D eigenvalue weighted by molar-refractivity contribution is -0.132. The molecule has 0 aromatic heterocycles. The number of aldehydes is 1. The first-order chi connectivity index (χ1) is 16.0. The van der Waals surface area contributed by atoms with Gasteiger partial charge in [-0.1, -0.05) is 73.1 Å². The summed E-state index contributed by atoms with van der Waals surface area (Å²) in [6, 6.07) is 18.0. The molecule has 0 fully saturated rings. The van der Waals surface area contributed by atoms with Crippen molar-refractivity contribution in [3.8, 4) is 0 Å². The number of hydrogen-bond acceptors (Lipinski definition) is 4. The van der Waals surface area contributed by atoms with Gasteiger partial charge in [-0.25, -0.2) is 0 Å². The molecule has 2 rings (SSSR count). The van der Waals surface area contributed by atoms with Crippen molar-refractivity contribution in [1.82, 2.24) is 10.2 Å². The molecular formula is C27H39ClN2O3. The number of carbonyl (C=O) groups is 2. The molecule has 5 nitrogen and oxygen atoms in total. The fourth-order valence-corrected chi connectivity index (χ4v) is 2.83. The van der Waals surface area contributed by atoms with E-state index in [2.05, 4.69) is 44.1 Å². The number of amides is 1. The molecule has 182 valence electrons. The summed E-state index contributed by atoms with van der Waals surface area (Å²) in [5, 5.41) is 10.6. The normalized spacial score (nSPS) is 9.85. The van der Waals surface area contributed by atoms with Crippen molar-refractivity contribution in [3.63, 3.8) is 0 Å². The zero-order valence-electron chi connectivity index (χ0n) is 20.2. The Bertz CT molecular complexity index is 731. The quantitative estimate of drug-likeness (QED) is 0.372. The van der Waals surface area contributed by atoms with Crippen LogP contribution < -0.4 is 5.32 Å². The van der Waals surface area contributed by atoms with Crippen LogP contribution in [-0.4, -0.2) is 48.9 Å². The van der Waals surface area contributed by atoms with Gasteiger partial charge in [0.25, 0.3) is 0 Å². The number of hydrogen-bond donors (Lipinski definition) is 2. The Hall–Kier alpha value is -2.89. The van der Waals surface area contributed by atoms with Crippen LogP contribution in [0.4, 0.5) is 0 Å². The minimum atomic E-state index is -0.0751. The van der Waals surface area contributed by atoms with Crippen LogP contribution in [0.3, 0.4) is 0 Å². The molecule has 1 atom stereocenters. The SMILES string of the molecule is C=C.C=CNCC(=O)N(CC=O)CCC(C)Cc1ccccc1.CO.Cc1ccc(Cl)cc1. The van der Waals surface area contributed by atoms with Gasteiger partial charge in [-0.05, 0) is 49.6 Å². The Morgan fingerprint density at radius 1 is 1.12 bits per heavy atom. The van der Waals surface area contributed by atoms with E-state index in [9.17, 15) is 9.59 Å². The van der Waals surface area contributed by atoms with Gasteiger partial charge in [0.1, 0.15) is 6.29 Å². The van der Waals surface area contributed by atoms with Crippen LogP contribution in [0.25, 0.3) is 0 Å². The van der Waals surface area contributed by atoms with Gasteiger partial charge < -0.3 is 20.1 Å². The Kier molecular flexibility index (Phi) is 21.8. The second-order valence-electron chi connectivity index (χ2n) is 6.97. The summed E-state index contributed by atoms with van der Waals surface area (Å²) < 4.78 is 0. The number of rotatable bonds is 10. The van der Waals surface area contributed by atoms with E-state index >= 15 is 0 Å². The first-order valence-electron chi connectivity index (χ1n) is 10.7. The third-order valence-corrected chi connectivity index (χ3v) is 4.63. The molecule has 2 N–H and O–H groups in total. The average molecular weight is 475 g/mol. The predicted octanol–water partition coefficient (Wildman–Crippen LogP) is 5.08. The maximum Gasteiger partial charge on any atom is 0.242 e. The molecule has 0 heterocycles. The van der Waals surface area contributed by atoms with Gasteiger partial charge in [-0.15, -0.1) is 13.2 Å². The Labute approximate surface area is 204 Å². The molecule has 0 aliphatic heterocycles. The number of aliphatic hydroxyl groups is 1. The Balaban J connectivity index is 0. The second kappa shape index (κ2) is 22.3. The number of halogens is 1. The minimum Gasteiger partial charge on any atom is -0.400 e. The van der Waals surface area contributed by atoms with Crippen molar-refractivity contribution in [2.75, 3.05) is 26.7 Å². The molecule has 0 spiro atoms. The highest BCUT2D eigenvalue weighted by molar-refractivity contribution is 6.30. The molecule has 1 amide bonds. The summed E-state index contributed by atoms with van der Waals surface area (Å²) in [6.45, 7) is 14.6. The molecule has 2 aromatic carbocycles. The third-order valence-electron chi connectivity index (χ3n) is 4.37. The van der Waals surface area contributed by atoms with E-state index in [1.54, 1.807) is 4.90 Å². The van der Waals surface area contributed by atoms with Crippen LogP contribution in [0.15, 0.2) is 80.5 Å². The van der Waals surface area contributed by atoms with Gasteiger partial charge in [0.05, 0.1) is 13.1 Å². The van der Waals surface area contributed by atoms with Crippen molar-refractivity contribution in [3.05, 3.63) is 96.7 Å². The van der Waals surface area contributed by atoms with E-state index in [-0.39, 0.29) is 19.0 Å². The molecule has 0 saturated carbocycles. The van der Waals surface area contributed by atoms with Crippen LogP contribution in [0.1, 0.15) is 24.5 Å². The van der Waals surface area contributed by atoms with Crippen molar-refractivity contribution >= 4 is 23.8 Å². The molecule has 0 aliphatic carbocycles. The highest BCUT2D eigenvalue weighted by Crippen LogP contribution is 2.12. The monoisotopic (exact) mass is 474 g/mol. The molecule has 0 saturated heterocycles. The maximum absolute atomic E-state index is 11.9. The zero-order valence-corrected chi connectivity index (χ0v) is 20.9. The topological polar surface area (TPSA) is 69.6 Å². The van der Waals surface area contributed by atoms with E-state index in [1.807, 2.05) is 49.4 Å². The van der Waals surface area contributed by atoms with E-state index in [1.165, 1.54) is 17.3 Å². The summed E-state index contributed by atoms with van der Waals surface area (Å²) in [5.74, 6) is 0.385. The third kappa shape index (κ3) is 17.4. The van der Waals surface area contributed by atoms with Gasteiger partial charge in [-0.2, -0.15) is 0 Å². The molecule has 0 bridgehead atoms. The summed E-state index contributed by atoms with van der Waals surface area (Å²) in [7, 11) is 1.00. The molecule has 6 heteroatoms. The molecule has 0 aliphatic rings. The molecule has 0 radical (unpaired) electrons. The lowest BCUT2D eigenvalue weighted by atomic mass is 9.98. The molecule has 33 heavy (non-hydrogen) atoms. The van der Waals surface area contributed by atoms with Gasteiger partial charge in [0.2, 0.25) is 5.91 Å². The van der Waals surface area contributed by atoms with Crippen molar-refractivity contribution in [2.24, 2.45) is 5.92 Å². The van der Waals surface area contributed by atoms with Gasteiger partial charge in [0, 0.05) is 18.7 Å². The number of aliphatic hydroxyl groups excluding tert-OH is 1. The number of nitrogens with one attached hydrogen (secondary N) is 1. The number of carbonyl (C=O) groups excluding carboxylic acids is 2. The van der Waals surface area contributed by atoms with E-state index in [0.717, 1.165) is 31.3 Å². The number of nitrogens with zero attached hydrogens (tertiary/aromatic N) is 1. The highest BCUT2D eigenvalue weighted by Gasteiger charge is 2.13. The van der Waals surface area contributed by atoms with Crippen LogP contribution in [0, 0.1) is 12.8 Å². The first kappa shape index (κ1) is 32.3. The van der Waals surface area contributed by atoms with Crippen LogP contribution in [0.5, 0.6) is 0 Å². The lowest BCUT2D eigenvalue weighted by Gasteiger charge is -2.22. The van der Waals surface area contributed by atoms with Gasteiger partial charge in [0.15, 0.2) is 0 Å². The standard InChI is InChI=1S/C17H24N2O2.C7H7Cl.C2H4.CH4O/c1-3-18-14-17(21)19(11-12-20)10-9-15(2)13-16-7-5-4-6-8-16;1-6-2-4-7(8)5-3-6;2*1-2/h3-8,12,15,18H,1,9-11,13-14H2,2H3;2-5H,1H3;1-2H2;2H,1H3. The number of benzene rings is 2. The fraction of sp³-hybridized carbons (Fsp3) is 0.333. The van der Waals surface area contributed by atoms with Crippen molar-refractivity contribution < 1.29 is 14.7 Å². The van der Waals surface area contributed by atoms with Gasteiger partial charge >= 0.3 is 0 Å². The fourth-order valence-electron chi connectivity index (χ4n) is 2.71. The zero-order chi connectivity index (χ0) is 25.5. The van der Waals surface area contributed by atoms with Crippen LogP contribution in [0.2, 0.25) is 5.02 Å². The van der Waals surface area contributed by atoms with Crippen molar-refractivity contribution in [1.29, 1.82) is 0 Å². The largest absolute Gasteiger partial charge is 0.400 e. The predicted molar refractivity (Wildman–Crippen MR) is 140 cm³/mol. The summed E-state index contributed by atoms with van der Waals surface area (Å²) >= 11 is 5.61.